The third-order valence-corrected chi connectivity index (χ3v) is 5.13. The Bertz CT molecular complexity index is 470. The van der Waals surface area contributed by atoms with Crippen LogP contribution in [0.4, 0.5) is 4.39 Å². The van der Waals surface area contributed by atoms with Gasteiger partial charge in [-0.3, -0.25) is 0 Å². The summed E-state index contributed by atoms with van der Waals surface area (Å²) in [5.41, 5.74) is 0.300. The fourth-order valence-electron chi connectivity index (χ4n) is 1.79. The first kappa shape index (κ1) is 14.1. The van der Waals surface area contributed by atoms with Gasteiger partial charge in [-0.25, -0.2) is 12.8 Å². The minimum absolute atomic E-state index is 0.0299. The van der Waals surface area contributed by atoms with E-state index < -0.39 is 27.0 Å². The number of hydrogen-bond acceptors (Lipinski definition) is 3. The number of halogens is 1. The first-order chi connectivity index (χ1) is 7.92. The average Bonchev–Trinajstić information content (AvgIpc) is 2.29. The molecule has 0 aliphatic heterocycles. The SMILES string of the molecule is CC[C@@H]([C@@H](O)c1cccc(F)c1)S(=O)(=O)CC. The van der Waals surface area contributed by atoms with Gasteiger partial charge in [0.05, 0.1) is 11.4 Å². The summed E-state index contributed by atoms with van der Waals surface area (Å²) in [6.45, 7) is 3.23. The Balaban J connectivity index is 3.06. The Labute approximate surface area is 101 Å². The average molecular weight is 260 g/mol. The van der Waals surface area contributed by atoms with E-state index in [1.807, 2.05) is 0 Å². The summed E-state index contributed by atoms with van der Waals surface area (Å²) in [6, 6.07) is 5.41. The Hall–Kier alpha value is -0.940. The second kappa shape index (κ2) is 5.60. The third-order valence-electron chi connectivity index (χ3n) is 2.81. The van der Waals surface area contributed by atoms with E-state index in [2.05, 4.69) is 0 Å². The summed E-state index contributed by atoms with van der Waals surface area (Å²) in [4.78, 5) is 0. The van der Waals surface area contributed by atoms with Crippen LogP contribution in [0.1, 0.15) is 31.9 Å². The van der Waals surface area contributed by atoms with Crippen molar-refractivity contribution in [1.29, 1.82) is 0 Å². The molecule has 0 spiro atoms. The first-order valence-electron chi connectivity index (χ1n) is 5.57. The minimum Gasteiger partial charge on any atom is -0.387 e. The van der Waals surface area contributed by atoms with Gasteiger partial charge in [-0.05, 0) is 24.1 Å². The topological polar surface area (TPSA) is 54.4 Å². The van der Waals surface area contributed by atoms with Gasteiger partial charge in [-0.15, -0.1) is 0 Å². The van der Waals surface area contributed by atoms with E-state index in [-0.39, 0.29) is 5.75 Å². The molecular formula is C12H17FO3S. The zero-order chi connectivity index (χ0) is 13.1. The van der Waals surface area contributed by atoms with Gasteiger partial charge in [-0.1, -0.05) is 26.0 Å². The van der Waals surface area contributed by atoms with Crippen LogP contribution < -0.4 is 0 Å². The maximum absolute atomic E-state index is 13.0. The smallest absolute Gasteiger partial charge is 0.155 e. The highest BCUT2D eigenvalue weighted by Crippen LogP contribution is 2.25. The maximum Gasteiger partial charge on any atom is 0.155 e. The minimum atomic E-state index is -3.34. The molecule has 5 heteroatoms. The monoisotopic (exact) mass is 260 g/mol. The molecular weight excluding hydrogens is 243 g/mol. The number of aliphatic hydroxyl groups is 1. The predicted molar refractivity (Wildman–Crippen MR) is 64.9 cm³/mol. The lowest BCUT2D eigenvalue weighted by molar-refractivity contribution is 0.168. The molecule has 2 atom stereocenters. The van der Waals surface area contributed by atoms with E-state index in [1.165, 1.54) is 31.2 Å². The van der Waals surface area contributed by atoms with Crippen molar-refractivity contribution in [3.05, 3.63) is 35.6 Å². The molecule has 0 aromatic heterocycles. The van der Waals surface area contributed by atoms with Crippen LogP contribution in [0.2, 0.25) is 0 Å². The van der Waals surface area contributed by atoms with Crippen LogP contribution in [0.15, 0.2) is 24.3 Å². The van der Waals surface area contributed by atoms with Crippen LogP contribution in [-0.4, -0.2) is 24.5 Å². The largest absolute Gasteiger partial charge is 0.387 e. The van der Waals surface area contributed by atoms with Gasteiger partial charge in [-0.2, -0.15) is 0 Å². The molecule has 0 bridgehead atoms. The molecule has 0 aliphatic rings. The summed E-state index contributed by atoms with van der Waals surface area (Å²) in [6.07, 6.45) is -0.880. The molecule has 1 aromatic carbocycles. The van der Waals surface area contributed by atoms with Crippen LogP contribution in [0.3, 0.4) is 0 Å². The second-order valence-corrected chi connectivity index (χ2v) is 6.41. The van der Waals surface area contributed by atoms with Crippen LogP contribution in [0.25, 0.3) is 0 Å². The summed E-state index contributed by atoms with van der Waals surface area (Å²) in [5, 5.41) is 9.15. The zero-order valence-electron chi connectivity index (χ0n) is 9.93. The summed E-state index contributed by atoms with van der Waals surface area (Å²) in [7, 11) is -3.34. The predicted octanol–water partition coefficient (Wildman–Crippen LogP) is 2.07. The number of rotatable bonds is 5. The van der Waals surface area contributed by atoms with E-state index >= 15 is 0 Å². The molecule has 1 aromatic rings. The number of aliphatic hydroxyl groups excluding tert-OH is 1. The van der Waals surface area contributed by atoms with Gasteiger partial charge in [0.15, 0.2) is 9.84 Å². The quantitative estimate of drug-likeness (QED) is 0.881. The normalized spacial score (nSPS) is 15.5. The van der Waals surface area contributed by atoms with Crippen LogP contribution in [-0.2, 0) is 9.84 Å². The Morgan fingerprint density at radius 3 is 2.47 bits per heavy atom. The van der Waals surface area contributed by atoms with E-state index in [4.69, 9.17) is 0 Å². The summed E-state index contributed by atoms with van der Waals surface area (Å²) < 4.78 is 36.6. The first-order valence-corrected chi connectivity index (χ1v) is 7.29. The second-order valence-electron chi connectivity index (χ2n) is 3.90. The molecule has 17 heavy (non-hydrogen) atoms. The fraction of sp³-hybridized carbons (Fsp3) is 0.500. The van der Waals surface area contributed by atoms with Gasteiger partial charge >= 0.3 is 0 Å². The lowest BCUT2D eigenvalue weighted by Gasteiger charge is -2.21. The summed E-state index contributed by atoms with van der Waals surface area (Å²) >= 11 is 0. The van der Waals surface area contributed by atoms with Crippen molar-refractivity contribution >= 4 is 9.84 Å². The number of hydrogen-bond donors (Lipinski definition) is 1. The van der Waals surface area contributed by atoms with Crippen LogP contribution in [0, 0.1) is 5.82 Å². The molecule has 0 unspecified atom stereocenters. The van der Waals surface area contributed by atoms with Gasteiger partial charge in [0, 0.05) is 5.75 Å². The fourth-order valence-corrected chi connectivity index (χ4v) is 3.28. The third kappa shape index (κ3) is 3.26. The highest BCUT2D eigenvalue weighted by molar-refractivity contribution is 7.92. The summed E-state index contributed by atoms with van der Waals surface area (Å²) in [5.74, 6) is -0.511. The van der Waals surface area contributed by atoms with Crippen LogP contribution in [0.5, 0.6) is 0 Å². The lowest BCUT2D eigenvalue weighted by atomic mass is 10.1. The van der Waals surface area contributed by atoms with Gasteiger partial charge in [0.1, 0.15) is 5.82 Å². The van der Waals surface area contributed by atoms with E-state index in [0.717, 1.165) is 0 Å². The molecule has 0 amide bonds. The van der Waals surface area contributed by atoms with E-state index in [0.29, 0.717) is 12.0 Å². The van der Waals surface area contributed by atoms with Crippen molar-refractivity contribution in [2.75, 3.05) is 5.75 Å². The number of benzene rings is 1. The molecule has 0 saturated carbocycles. The Kier molecular flexibility index (Phi) is 4.65. The maximum atomic E-state index is 13.0. The van der Waals surface area contributed by atoms with Gasteiger partial charge in [0.2, 0.25) is 0 Å². The van der Waals surface area contributed by atoms with Crippen molar-refractivity contribution in [2.45, 2.75) is 31.6 Å². The van der Waals surface area contributed by atoms with Gasteiger partial charge in [0.25, 0.3) is 0 Å². The van der Waals surface area contributed by atoms with Crippen LogP contribution >= 0.6 is 0 Å². The van der Waals surface area contributed by atoms with Crippen molar-refractivity contribution < 1.29 is 17.9 Å². The van der Waals surface area contributed by atoms with E-state index in [9.17, 15) is 17.9 Å². The molecule has 96 valence electrons. The molecule has 1 rings (SSSR count). The van der Waals surface area contributed by atoms with Gasteiger partial charge < -0.3 is 5.11 Å². The highest BCUT2D eigenvalue weighted by Gasteiger charge is 2.30. The van der Waals surface area contributed by atoms with Crippen molar-refractivity contribution in [3.8, 4) is 0 Å². The molecule has 0 saturated heterocycles. The Morgan fingerprint density at radius 2 is 2.00 bits per heavy atom. The van der Waals surface area contributed by atoms with E-state index in [1.54, 1.807) is 6.92 Å². The number of sulfone groups is 1. The van der Waals surface area contributed by atoms with Crippen molar-refractivity contribution in [1.82, 2.24) is 0 Å². The lowest BCUT2D eigenvalue weighted by Crippen LogP contribution is -2.29. The highest BCUT2D eigenvalue weighted by atomic mass is 32.2. The van der Waals surface area contributed by atoms with Crippen molar-refractivity contribution in [2.24, 2.45) is 0 Å². The standard InChI is InChI=1S/C12H17FO3S/c1-3-11(17(15,16)4-2)12(14)9-6-5-7-10(13)8-9/h5-8,11-12,14H,3-4H2,1-2H3/t11-,12-/m0/s1. The molecule has 0 radical (unpaired) electrons. The zero-order valence-corrected chi connectivity index (χ0v) is 10.7. The molecule has 3 nitrogen and oxygen atoms in total. The molecule has 0 fully saturated rings. The molecule has 0 heterocycles. The molecule has 1 N–H and O–H groups in total. The molecule has 0 aliphatic carbocycles. The van der Waals surface area contributed by atoms with Crippen molar-refractivity contribution in [3.63, 3.8) is 0 Å². The Morgan fingerprint density at radius 1 is 1.35 bits per heavy atom.